The number of nitrogens with zero attached hydrogens (tertiary/aromatic N) is 5. The lowest BCUT2D eigenvalue weighted by atomic mass is 10.0. The highest BCUT2D eigenvalue weighted by Gasteiger charge is 2.28. The number of aromatic nitrogens is 3. The van der Waals surface area contributed by atoms with Gasteiger partial charge in [-0.15, -0.1) is 5.10 Å². The SMILES string of the molecule is Cc1ccc2c(c1)nnn2C1CCN(CC(=O)N2CCc3ccccc32)CC1. The largest absolute Gasteiger partial charge is 0.311 e. The Bertz CT molecular complexity index is 1020. The Morgan fingerprint density at radius 3 is 2.79 bits per heavy atom. The topological polar surface area (TPSA) is 54.3 Å². The summed E-state index contributed by atoms with van der Waals surface area (Å²) in [7, 11) is 0. The number of piperidine rings is 1. The van der Waals surface area contributed by atoms with Gasteiger partial charge in [0.25, 0.3) is 0 Å². The third kappa shape index (κ3) is 3.07. The molecule has 5 rings (SSSR count). The first-order chi connectivity index (χ1) is 13.7. The number of carbonyl (C=O) groups excluding carboxylic acids is 1. The van der Waals surface area contributed by atoms with Gasteiger partial charge in [-0.2, -0.15) is 0 Å². The maximum Gasteiger partial charge on any atom is 0.241 e. The van der Waals surface area contributed by atoms with Gasteiger partial charge in [0.2, 0.25) is 5.91 Å². The molecular formula is C22H25N5O. The van der Waals surface area contributed by atoms with E-state index in [0.29, 0.717) is 12.6 Å². The number of anilines is 1. The van der Waals surface area contributed by atoms with Crippen LogP contribution in [0.3, 0.4) is 0 Å². The van der Waals surface area contributed by atoms with Crippen LogP contribution in [0, 0.1) is 6.92 Å². The molecule has 0 unspecified atom stereocenters. The van der Waals surface area contributed by atoms with Crippen molar-refractivity contribution in [1.82, 2.24) is 19.9 Å². The zero-order valence-corrected chi connectivity index (χ0v) is 16.2. The average Bonchev–Trinajstić information content (AvgIpc) is 3.32. The molecule has 2 aliphatic heterocycles. The highest BCUT2D eigenvalue weighted by molar-refractivity contribution is 5.96. The number of rotatable bonds is 3. The summed E-state index contributed by atoms with van der Waals surface area (Å²) in [6, 6.07) is 14.9. The van der Waals surface area contributed by atoms with Crippen LogP contribution in [0.5, 0.6) is 0 Å². The third-order valence-corrected chi connectivity index (χ3v) is 6.08. The summed E-state index contributed by atoms with van der Waals surface area (Å²) in [5, 5.41) is 8.74. The molecule has 2 aliphatic rings. The first-order valence-electron chi connectivity index (χ1n) is 10.1. The number of hydrogen-bond donors (Lipinski definition) is 0. The summed E-state index contributed by atoms with van der Waals surface area (Å²) in [6.45, 7) is 5.21. The molecule has 6 heteroatoms. The molecule has 2 aromatic carbocycles. The van der Waals surface area contributed by atoms with E-state index in [0.717, 1.165) is 55.6 Å². The number of amides is 1. The Morgan fingerprint density at radius 2 is 1.93 bits per heavy atom. The predicted octanol–water partition coefficient (Wildman–Crippen LogP) is 2.97. The maximum absolute atomic E-state index is 12.8. The Kier molecular flexibility index (Phi) is 4.36. The number of aryl methyl sites for hydroxylation is 1. The number of benzene rings is 2. The second kappa shape index (κ2) is 7.02. The van der Waals surface area contributed by atoms with E-state index >= 15 is 0 Å². The Morgan fingerprint density at radius 1 is 1.11 bits per heavy atom. The quantitative estimate of drug-likeness (QED) is 0.706. The van der Waals surface area contributed by atoms with E-state index < -0.39 is 0 Å². The van der Waals surface area contributed by atoms with Crippen molar-refractivity contribution in [3.8, 4) is 0 Å². The van der Waals surface area contributed by atoms with Crippen LogP contribution in [0.25, 0.3) is 11.0 Å². The van der Waals surface area contributed by atoms with Crippen LogP contribution in [0.2, 0.25) is 0 Å². The zero-order valence-electron chi connectivity index (χ0n) is 16.2. The molecule has 0 atom stereocenters. The van der Waals surface area contributed by atoms with Crippen LogP contribution in [-0.2, 0) is 11.2 Å². The van der Waals surface area contributed by atoms with Gasteiger partial charge >= 0.3 is 0 Å². The number of carbonyl (C=O) groups is 1. The van der Waals surface area contributed by atoms with Gasteiger partial charge in [0.15, 0.2) is 0 Å². The van der Waals surface area contributed by atoms with Gasteiger partial charge in [-0.1, -0.05) is 29.5 Å². The molecule has 0 saturated carbocycles. The highest BCUT2D eigenvalue weighted by atomic mass is 16.2. The van der Waals surface area contributed by atoms with Gasteiger partial charge in [-0.05, 0) is 55.5 Å². The molecule has 28 heavy (non-hydrogen) atoms. The van der Waals surface area contributed by atoms with E-state index in [9.17, 15) is 4.79 Å². The van der Waals surface area contributed by atoms with Gasteiger partial charge in [0, 0.05) is 25.3 Å². The fourth-order valence-electron chi connectivity index (χ4n) is 4.52. The van der Waals surface area contributed by atoms with Crippen molar-refractivity contribution >= 4 is 22.6 Å². The van der Waals surface area contributed by atoms with E-state index in [1.54, 1.807) is 0 Å². The van der Waals surface area contributed by atoms with Crippen molar-refractivity contribution in [2.45, 2.75) is 32.2 Å². The molecule has 1 amide bonds. The summed E-state index contributed by atoms with van der Waals surface area (Å²) < 4.78 is 2.07. The van der Waals surface area contributed by atoms with Crippen molar-refractivity contribution in [3.63, 3.8) is 0 Å². The summed E-state index contributed by atoms with van der Waals surface area (Å²) in [6.07, 6.45) is 2.95. The van der Waals surface area contributed by atoms with Crippen LogP contribution in [0.15, 0.2) is 42.5 Å². The molecule has 3 heterocycles. The van der Waals surface area contributed by atoms with Crippen molar-refractivity contribution in [3.05, 3.63) is 53.6 Å². The van der Waals surface area contributed by atoms with Crippen molar-refractivity contribution in [2.24, 2.45) is 0 Å². The molecule has 0 N–H and O–H groups in total. The van der Waals surface area contributed by atoms with Gasteiger partial charge < -0.3 is 4.90 Å². The molecule has 0 radical (unpaired) electrons. The van der Waals surface area contributed by atoms with E-state index in [4.69, 9.17) is 0 Å². The van der Waals surface area contributed by atoms with Gasteiger partial charge in [-0.25, -0.2) is 4.68 Å². The second-order valence-electron chi connectivity index (χ2n) is 7.96. The van der Waals surface area contributed by atoms with E-state index in [-0.39, 0.29) is 5.91 Å². The van der Waals surface area contributed by atoms with E-state index in [1.807, 2.05) is 17.0 Å². The molecular weight excluding hydrogens is 350 g/mol. The molecule has 1 saturated heterocycles. The molecule has 1 fully saturated rings. The van der Waals surface area contributed by atoms with E-state index in [2.05, 4.69) is 57.1 Å². The number of para-hydroxylation sites is 1. The molecule has 0 aliphatic carbocycles. The van der Waals surface area contributed by atoms with Gasteiger partial charge in [0.05, 0.1) is 18.1 Å². The summed E-state index contributed by atoms with van der Waals surface area (Å²) >= 11 is 0. The van der Waals surface area contributed by atoms with Crippen molar-refractivity contribution in [1.29, 1.82) is 0 Å². The molecule has 144 valence electrons. The first-order valence-corrected chi connectivity index (χ1v) is 10.1. The fourth-order valence-corrected chi connectivity index (χ4v) is 4.52. The molecule has 3 aromatic rings. The lowest BCUT2D eigenvalue weighted by molar-refractivity contribution is -0.120. The van der Waals surface area contributed by atoms with Gasteiger partial charge in [0.1, 0.15) is 5.52 Å². The van der Waals surface area contributed by atoms with Crippen LogP contribution in [0.1, 0.15) is 30.0 Å². The second-order valence-corrected chi connectivity index (χ2v) is 7.96. The maximum atomic E-state index is 12.8. The standard InChI is InChI=1S/C22H25N5O/c1-16-6-7-21-19(14-16)23-24-27(21)18-9-11-25(12-10-18)15-22(28)26-13-8-17-4-2-3-5-20(17)26/h2-7,14,18H,8-13,15H2,1H3. The predicted molar refractivity (Wildman–Crippen MR) is 109 cm³/mol. The Hall–Kier alpha value is -2.73. The highest BCUT2D eigenvalue weighted by Crippen LogP contribution is 2.29. The Labute approximate surface area is 164 Å². The molecule has 6 nitrogen and oxygen atoms in total. The Balaban J connectivity index is 1.22. The van der Waals surface area contributed by atoms with Crippen LogP contribution in [-0.4, -0.2) is 52.0 Å². The van der Waals surface area contributed by atoms with Gasteiger partial charge in [-0.3, -0.25) is 9.69 Å². The third-order valence-electron chi connectivity index (χ3n) is 6.08. The lowest BCUT2D eigenvalue weighted by Crippen LogP contribution is -2.43. The average molecular weight is 375 g/mol. The minimum atomic E-state index is 0.213. The van der Waals surface area contributed by atoms with Crippen LogP contribution in [0.4, 0.5) is 5.69 Å². The van der Waals surface area contributed by atoms with Crippen LogP contribution >= 0.6 is 0 Å². The minimum Gasteiger partial charge on any atom is -0.311 e. The summed E-state index contributed by atoms with van der Waals surface area (Å²) in [4.78, 5) is 17.1. The van der Waals surface area contributed by atoms with Crippen LogP contribution < -0.4 is 4.90 Å². The van der Waals surface area contributed by atoms with E-state index in [1.165, 1.54) is 11.1 Å². The monoisotopic (exact) mass is 375 g/mol. The molecule has 1 aromatic heterocycles. The molecule has 0 spiro atoms. The lowest BCUT2D eigenvalue weighted by Gasteiger charge is -2.32. The zero-order chi connectivity index (χ0) is 19.1. The number of fused-ring (bicyclic) bond motifs is 2. The number of likely N-dealkylation sites (tertiary alicyclic amines) is 1. The first kappa shape index (κ1) is 17.4. The minimum absolute atomic E-state index is 0.213. The van der Waals surface area contributed by atoms with Crippen molar-refractivity contribution in [2.75, 3.05) is 31.1 Å². The number of hydrogen-bond acceptors (Lipinski definition) is 4. The normalized spacial score (nSPS) is 18.0. The molecule has 0 bridgehead atoms. The smallest absolute Gasteiger partial charge is 0.241 e. The fraction of sp³-hybridized carbons (Fsp3) is 0.409. The summed E-state index contributed by atoms with van der Waals surface area (Å²) in [5.41, 5.74) is 5.64. The summed E-state index contributed by atoms with van der Waals surface area (Å²) in [5.74, 6) is 0.213. The van der Waals surface area contributed by atoms with Crippen molar-refractivity contribution < 1.29 is 4.79 Å².